The maximum Gasteiger partial charge on any atom is 0.317 e. The van der Waals surface area contributed by atoms with Crippen molar-refractivity contribution in [2.24, 2.45) is 10.3 Å². The van der Waals surface area contributed by atoms with Crippen LogP contribution < -0.4 is 0 Å². The molecule has 0 aliphatic rings. The van der Waals surface area contributed by atoms with Crippen molar-refractivity contribution in [1.82, 2.24) is 0 Å². The molecule has 0 heterocycles. The van der Waals surface area contributed by atoms with Gasteiger partial charge in [-0.2, -0.15) is 8.42 Å². The van der Waals surface area contributed by atoms with E-state index in [1.165, 1.54) is 0 Å². The third-order valence-corrected chi connectivity index (χ3v) is 1.25. The first kappa shape index (κ1) is 8.85. The van der Waals surface area contributed by atoms with Gasteiger partial charge in [0.05, 0.1) is 0 Å². The fraction of sp³-hybridized carbons (Fsp3) is 0. The van der Waals surface area contributed by atoms with Crippen molar-refractivity contribution >= 4 is 21.4 Å². The lowest BCUT2D eigenvalue weighted by molar-refractivity contribution is 0.316. The number of rotatable bonds is 1. The van der Waals surface area contributed by atoms with E-state index in [0.29, 0.717) is 0 Å². The SMILES string of the molecule is O=S(=O)(O)C(C=NO)=NO. The third kappa shape index (κ3) is 2.42. The van der Waals surface area contributed by atoms with Crippen molar-refractivity contribution in [3.05, 3.63) is 0 Å². The number of nitrogens with zero attached hydrogens (tertiary/aromatic N) is 2. The van der Waals surface area contributed by atoms with Crippen LogP contribution in [0.1, 0.15) is 0 Å². The molecule has 0 aromatic heterocycles. The maximum atomic E-state index is 10.0. The standard InChI is InChI=1S/C2H4N2O5S/c5-3-1-2(4-6)10(7,8)9/h1,5-6H,(H,7,8,9). The fourth-order valence-electron chi connectivity index (χ4n) is 0.193. The van der Waals surface area contributed by atoms with Crippen LogP contribution in [0.3, 0.4) is 0 Å². The molecule has 58 valence electrons. The molecule has 0 saturated heterocycles. The summed E-state index contributed by atoms with van der Waals surface area (Å²) in [5, 5.41) is 18.8. The van der Waals surface area contributed by atoms with Gasteiger partial charge in [0.15, 0.2) is 0 Å². The molecule has 7 nitrogen and oxygen atoms in total. The summed E-state index contributed by atoms with van der Waals surface area (Å²) in [7, 11) is -4.59. The molecule has 0 aliphatic heterocycles. The molecule has 0 radical (unpaired) electrons. The van der Waals surface area contributed by atoms with Crippen LogP contribution in [-0.4, -0.2) is 34.6 Å². The smallest absolute Gasteiger partial charge is 0.317 e. The second-order valence-electron chi connectivity index (χ2n) is 1.16. The quantitative estimate of drug-likeness (QED) is 0.154. The van der Waals surface area contributed by atoms with Gasteiger partial charge >= 0.3 is 10.1 Å². The second kappa shape index (κ2) is 3.13. The molecule has 0 bridgehead atoms. The minimum Gasteiger partial charge on any atom is -0.411 e. The summed E-state index contributed by atoms with van der Waals surface area (Å²) in [6.45, 7) is 0. The van der Waals surface area contributed by atoms with Gasteiger partial charge in [-0.3, -0.25) is 4.55 Å². The van der Waals surface area contributed by atoms with Crippen molar-refractivity contribution in [3.8, 4) is 0 Å². The van der Waals surface area contributed by atoms with Gasteiger partial charge in [0.1, 0.15) is 6.21 Å². The largest absolute Gasteiger partial charge is 0.411 e. The van der Waals surface area contributed by atoms with Crippen molar-refractivity contribution in [2.45, 2.75) is 0 Å². The highest BCUT2D eigenvalue weighted by Gasteiger charge is 2.13. The summed E-state index contributed by atoms with van der Waals surface area (Å²) in [6.07, 6.45) is 0.273. The van der Waals surface area contributed by atoms with E-state index >= 15 is 0 Å². The lowest BCUT2D eigenvalue weighted by Crippen LogP contribution is -2.14. The van der Waals surface area contributed by atoms with Gasteiger partial charge in [-0.15, -0.1) is 0 Å². The molecule has 0 aromatic rings. The van der Waals surface area contributed by atoms with E-state index in [1.807, 2.05) is 0 Å². The van der Waals surface area contributed by atoms with Crippen LogP contribution in [0.5, 0.6) is 0 Å². The lowest BCUT2D eigenvalue weighted by Gasteiger charge is -1.88. The van der Waals surface area contributed by atoms with Crippen molar-refractivity contribution in [3.63, 3.8) is 0 Å². The molecule has 8 heteroatoms. The van der Waals surface area contributed by atoms with Crippen LogP contribution in [0.15, 0.2) is 10.3 Å². The third-order valence-electron chi connectivity index (χ3n) is 0.531. The molecule has 0 spiro atoms. The van der Waals surface area contributed by atoms with Gasteiger partial charge in [-0.05, 0) is 0 Å². The number of hydrogen-bond donors (Lipinski definition) is 3. The van der Waals surface area contributed by atoms with Crippen LogP contribution >= 0.6 is 0 Å². The van der Waals surface area contributed by atoms with E-state index in [0.717, 1.165) is 0 Å². The van der Waals surface area contributed by atoms with E-state index in [4.69, 9.17) is 15.0 Å². The normalized spacial score (nSPS) is 14.3. The summed E-state index contributed by atoms with van der Waals surface area (Å²) in [6, 6.07) is 0. The zero-order valence-electron chi connectivity index (χ0n) is 4.54. The Hall–Kier alpha value is -1.15. The van der Waals surface area contributed by atoms with Gasteiger partial charge < -0.3 is 10.4 Å². The van der Waals surface area contributed by atoms with E-state index in [1.54, 1.807) is 0 Å². The van der Waals surface area contributed by atoms with Crippen molar-refractivity contribution < 1.29 is 23.4 Å². The van der Waals surface area contributed by atoms with Crippen LogP contribution in [-0.2, 0) is 10.1 Å². The van der Waals surface area contributed by atoms with Crippen LogP contribution in [0.4, 0.5) is 0 Å². The van der Waals surface area contributed by atoms with Crippen LogP contribution in [0, 0.1) is 0 Å². The highest BCUT2D eigenvalue weighted by atomic mass is 32.2. The van der Waals surface area contributed by atoms with Gasteiger partial charge in [0, 0.05) is 0 Å². The topological polar surface area (TPSA) is 120 Å². The van der Waals surface area contributed by atoms with Gasteiger partial charge in [0.25, 0.3) is 0 Å². The van der Waals surface area contributed by atoms with Gasteiger partial charge in [0.2, 0.25) is 5.04 Å². The predicted octanol–water partition coefficient (Wildman–Crippen LogP) is -0.878. The van der Waals surface area contributed by atoms with Crippen molar-refractivity contribution in [2.75, 3.05) is 0 Å². The van der Waals surface area contributed by atoms with E-state index in [9.17, 15) is 8.42 Å². The van der Waals surface area contributed by atoms with Gasteiger partial charge in [-0.1, -0.05) is 10.3 Å². The molecule has 0 unspecified atom stereocenters. The van der Waals surface area contributed by atoms with Crippen molar-refractivity contribution in [1.29, 1.82) is 0 Å². The Kier molecular flexibility index (Phi) is 2.77. The second-order valence-corrected chi connectivity index (χ2v) is 2.53. The molecule has 10 heavy (non-hydrogen) atoms. The average molecular weight is 168 g/mol. The van der Waals surface area contributed by atoms with Crippen LogP contribution in [0.2, 0.25) is 0 Å². The average Bonchev–Trinajstić information content (AvgIpc) is 1.80. The fourth-order valence-corrected chi connectivity index (χ4v) is 0.477. The maximum absolute atomic E-state index is 10.0. The highest BCUT2D eigenvalue weighted by molar-refractivity contribution is 8.03. The lowest BCUT2D eigenvalue weighted by atomic mass is 10.8. The molecular weight excluding hydrogens is 164 g/mol. The summed E-state index contributed by atoms with van der Waals surface area (Å²) < 4.78 is 28.1. The molecular formula is C2H4N2O5S. The summed E-state index contributed by atoms with van der Waals surface area (Å²) in [4.78, 5) is 0. The molecule has 0 aliphatic carbocycles. The summed E-state index contributed by atoms with van der Waals surface area (Å²) >= 11 is 0. The first-order valence-electron chi connectivity index (χ1n) is 1.89. The Balaban J connectivity index is 4.75. The Morgan fingerprint density at radius 3 is 2.00 bits per heavy atom. The first-order valence-corrected chi connectivity index (χ1v) is 3.33. The summed E-state index contributed by atoms with van der Waals surface area (Å²) in [5.41, 5.74) is 0. The molecule has 0 amide bonds. The van der Waals surface area contributed by atoms with E-state index in [2.05, 4.69) is 10.3 Å². The minimum absolute atomic E-state index is 0.273. The highest BCUT2D eigenvalue weighted by Crippen LogP contribution is 1.84. The van der Waals surface area contributed by atoms with Gasteiger partial charge in [-0.25, -0.2) is 0 Å². The first-order chi connectivity index (χ1) is 4.52. The molecule has 0 saturated carbocycles. The Labute approximate surface area is 56.0 Å². The zero-order valence-corrected chi connectivity index (χ0v) is 5.35. The Morgan fingerprint density at radius 2 is 1.90 bits per heavy atom. The molecule has 0 rings (SSSR count). The molecule has 0 aromatic carbocycles. The van der Waals surface area contributed by atoms with E-state index < -0.39 is 15.2 Å². The Bertz CT molecular complexity index is 251. The Morgan fingerprint density at radius 1 is 1.40 bits per heavy atom. The molecule has 0 atom stereocenters. The monoisotopic (exact) mass is 168 g/mol. The number of oxime groups is 2. The summed E-state index contributed by atoms with van der Waals surface area (Å²) in [5.74, 6) is 0. The number of hydrogen-bond acceptors (Lipinski definition) is 6. The molecule has 0 fully saturated rings. The molecule has 3 N–H and O–H groups in total. The minimum atomic E-state index is -4.59. The van der Waals surface area contributed by atoms with Crippen LogP contribution in [0.25, 0.3) is 0 Å². The zero-order chi connectivity index (χ0) is 8.20. The predicted molar refractivity (Wildman–Crippen MR) is 31.0 cm³/mol. The van der Waals surface area contributed by atoms with E-state index in [-0.39, 0.29) is 6.21 Å².